The van der Waals surface area contributed by atoms with E-state index >= 15 is 0 Å². The molecule has 0 spiro atoms. The minimum atomic E-state index is -0.142. The number of hydrogen-bond donors (Lipinski definition) is 1. The van der Waals surface area contributed by atoms with E-state index in [1.165, 1.54) is 0 Å². The number of methoxy groups -OCH3 is 1. The van der Waals surface area contributed by atoms with E-state index in [1.807, 2.05) is 12.1 Å². The van der Waals surface area contributed by atoms with Gasteiger partial charge in [0.2, 0.25) is 0 Å². The lowest BCUT2D eigenvalue weighted by Crippen LogP contribution is -2.26. The molecule has 0 aliphatic heterocycles. The molecule has 1 rings (SSSR count). The Morgan fingerprint density at radius 3 is 2.94 bits per heavy atom. The Morgan fingerprint density at radius 2 is 2.24 bits per heavy atom. The van der Waals surface area contributed by atoms with Gasteiger partial charge in [-0.05, 0) is 46.4 Å². The van der Waals surface area contributed by atoms with Crippen LogP contribution >= 0.6 is 15.9 Å². The van der Waals surface area contributed by atoms with Crippen molar-refractivity contribution in [2.24, 2.45) is 5.92 Å². The Labute approximate surface area is 111 Å². The fourth-order valence-electron chi connectivity index (χ4n) is 1.68. The highest BCUT2D eigenvalue weighted by Gasteiger charge is 2.09. The van der Waals surface area contributed by atoms with Crippen molar-refractivity contribution in [3.05, 3.63) is 34.1 Å². The van der Waals surface area contributed by atoms with Crippen LogP contribution in [0.25, 0.3) is 0 Å². The Bertz CT molecular complexity index is 346. The van der Waals surface area contributed by atoms with Crippen LogP contribution in [0.3, 0.4) is 0 Å². The van der Waals surface area contributed by atoms with E-state index in [0.29, 0.717) is 17.0 Å². The lowest BCUT2D eigenvalue weighted by Gasteiger charge is -2.13. The zero-order valence-corrected chi connectivity index (χ0v) is 11.9. The molecule has 0 saturated heterocycles. The molecule has 96 valence electrons. The molecule has 0 saturated carbocycles. The van der Waals surface area contributed by atoms with E-state index in [9.17, 15) is 4.39 Å². The first kappa shape index (κ1) is 14.6. The second-order valence-corrected chi connectivity index (χ2v) is 5.07. The molecule has 17 heavy (non-hydrogen) atoms. The summed E-state index contributed by atoms with van der Waals surface area (Å²) < 4.78 is 19.2. The maximum atomic E-state index is 13.7. The van der Waals surface area contributed by atoms with Gasteiger partial charge in [0.25, 0.3) is 0 Å². The Hall–Kier alpha value is -0.450. The largest absolute Gasteiger partial charge is 0.383 e. The molecule has 4 heteroatoms. The molecule has 0 fully saturated rings. The van der Waals surface area contributed by atoms with E-state index in [1.54, 1.807) is 13.2 Å². The molecule has 1 aromatic carbocycles. The van der Waals surface area contributed by atoms with Crippen molar-refractivity contribution in [2.75, 3.05) is 26.8 Å². The number of rotatable bonds is 7. The third-order valence-corrected chi connectivity index (χ3v) is 3.19. The molecule has 0 radical (unpaired) electrons. The lowest BCUT2D eigenvalue weighted by molar-refractivity contribution is 0.198. The Morgan fingerprint density at radius 1 is 1.47 bits per heavy atom. The van der Waals surface area contributed by atoms with Crippen LogP contribution in [0.4, 0.5) is 4.39 Å². The lowest BCUT2D eigenvalue weighted by atomic mass is 10.0. The van der Waals surface area contributed by atoms with Crippen LogP contribution < -0.4 is 5.32 Å². The number of ether oxygens (including phenoxy) is 1. The molecular weight excluding hydrogens is 285 g/mol. The van der Waals surface area contributed by atoms with Crippen molar-refractivity contribution in [3.8, 4) is 0 Å². The SMILES string of the molecule is COCCNCC(C)Cc1cccc(Br)c1F. The molecule has 2 nitrogen and oxygen atoms in total. The van der Waals surface area contributed by atoms with Crippen molar-refractivity contribution in [3.63, 3.8) is 0 Å². The molecular formula is C13H19BrFNO. The zero-order valence-electron chi connectivity index (χ0n) is 10.3. The average Bonchev–Trinajstić information content (AvgIpc) is 2.31. The molecule has 0 heterocycles. The van der Waals surface area contributed by atoms with Crippen LogP contribution in [0.15, 0.2) is 22.7 Å². The van der Waals surface area contributed by atoms with Gasteiger partial charge < -0.3 is 10.1 Å². The van der Waals surface area contributed by atoms with Crippen LogP contribution in [0.1, 0.15) is 12.5 Å². The standard InChI is InChI=1S/C13H19BrFNO/c1-10(9-16-6-7-17-2)8-11-4-3-5-12(14)13(11)15/h3-5,10,16H,6-9H2,1-2H3. The molecule has 0 aliphatic carbocycles. The van der Waals surface area contributed by atoms with Gasteiger partial charge in [0.05, 0.1) is 11.1 Å². The van der Waals surface area contributed by atoms with Crippen molar-refractivity contribution in [1.82, 2.24) is 5.32 Å². The highest BCUT2D eigenvalue weighted by atomic mass is 79.9. The van der Waals surface area contributed by atoms with Gasteiger partial charge in [-0.15, -0.1) is 0 Å². The molecule has 1 N–H and O–H groups in total. The van der Waals surface area contributed by atoms with Gasteiger partial charge in [0.1, 0.15) is 5.82 Å². The van der Waals surface area contributed by atoms with Crippen molar-refractivity contribution < 1.29 is 9.13 Å². The molecule has 1 atom stereocenters. The minimum absolute atomic E-state index is 0.142. The topological polar surface area (TPSA) is 21.3 Å². The minimum Gasteiger partial charge on any atom is -0.383 e. The smallest absolute Gasteiger partial charge is 0.140 e. The van der Waals surface area contributed by atoms with Crippen LogP contribution in [-0.2, 0) is 11.2 Å². The predicted octanol–water partition coefficient (Wildman–Crippen LogP) is 3.00. The molecule has 0 aliphatic rings. The van der Waals surface area contributed by atoms with Gasteiger partial charge in [0.15, 0.2) is 0 Å². The number of nitrogens with one attached hydrogen (secondary N) is 1. The van der Waals surface area contributed by atoms with Crippen LogP contribution in [0, 0.1) is 11.7 Å². The first-order valence-electron chi connectivity index (χ1n) is 5.77. The Kier molecular flexibility index (Phi) is 6.70. The molecule has 0 aromatic heterocycles. The predicted molar refractivity (Wildman–Crippen MR) is 71.7 cm³/mol. The summed E-state index contributed by atoms with van der Waals surface area (Å²) in [7, 11) is 1.68. The highest BCUT2D eigenvalue weighted by molar-refractivity contribution is 9.10. The summed E-state index contributed by atoms with van der Waals surface area (Å²) >= 11 is 3.20. The second kappa shape index (κ2) is 7.80. The van der Waals surface area contributed by atoms with E-state index in [4.69, 9.17) is 4.74 Å². The number of hydrogen-bond acceptors (Lipinski definition) is 2. The van der Waals surface area contributed by atoms with Crippen LogP contribution in [0.5, 0.6) is 0 Å². The first-order chi connectivity index (χ1) is 8.15. The molecule has 0 bridgehead atoms. The van der Waals surface area contributed by atoms with E-state index in [0.717, 1.165) is 25.1 Å². The van der Waals surface area contributed by atoms with Gasteiger partial charge >= 0.3 is 0 Å². The molecule has 0 amide bonds. The van der Waals surface area contributed by atoms with Crippen LogP contribution in [-0.4, -0.2) is 26.8 Å². The maximum Gasteiger partial charge on any atom is 0.140 e. The first-order valence-corrected chi connectivity index (χ1v) is 6.57. The average molecular weight is 304 g/mol. The third kappa shape index (κ3) is 5.15. The quantitative estimate of drug-likeness (QED) is 0.782. The summed E-state index contributed by atoms with van der Waals surface area (Å²) in [6.07, 6.45) is 0.741. The fraction of sp³-hybridized carbons (Fsp3) is 0.538. The van der Waals surface area contributed by atoms with Crippen molar-refractivity contribution in [1.29, 1.82) is 0 Å². The zero-order chi connectivity index (χ0) is 12.7. The van der Waals surface area contributed by atoms with Crippen molar-refractivity contribution >= 4 is 15.9 Å². The summed E-state index contributed by atoms with van der Waals surface area (Å²) in [5.74, 6) is 0.256. The molecule has 1 aromatic rings. The van der Waals surface area contributed by atoms with Gasteiger partial charge in [-0.2, -0.15) is 0 Å². The van der Waals surface area contributed by atoms with Gasteiger partial charge in [-0.3, -0.25) is 0 Å². The van der Waals surface area contributed by atoms with Crippen molar-refractivity contribution in [2.45, 2.75) is 13.3 Å². The van der Waals surface area contributed by atoms with E-state index in [-0.39, 0.29) is 5.82 Å². The van der Waals surface area contributed by atoms with Gasteiger partial charge in [-0.25, -0.2) is 4.39 Å². The summed E-state index contributed by atoms with van der Waals surface area (Å²) in [5, 5.41) is 3.28. The third-order valence-electron chi connectivity index (χ3n) is 2.58. The molecule has 1 unspecified atom stereocenters. The number of halogens is 2. The number of benzene rings is 1. The second-order valence-electron chi connectivity index (χ2n) is 4.22. The fourth-order valence-corrected chi connectivity index (χ4v) is 2.08. The van der Waals surface area contributed by atoms with Gasteiger partial charge in [-0.1, -0.05) is 19.1 Å². The summed E-state index contributed by atoms with van der Waals surface area (Å²) in [6, 6.07) is 5.43. The maximum absolute atomic E-state index is 13.7. The van der Waals surface area contributed by atoms with Gasteiger partial charge in [0, 0.05) is 13.7 Å². The van der Waals surface area contributed by atoms with Crippen LogP contribution in [0.2, 0.25) is 0 Å². The normalized spacial score (nSPS) is 12.7. The summed E-state index contributed by atoms with van der Waals surface area (Å²) in [5.41, 5.74) is 0.764. The van der Waals surface area contributed by atoms with E-state index in [2.05, 4.69) is 28.2 Å². The summed E-state index contributed by atoms with van der Waals surface area (Å²) in [6.45, 7) is 4.52. The summed E-state index contributed by atoms with van der Waals surface area (Å²) in [4.78, 5) is 0. The monoisotopic (exact) mass is 303 g/mol. The van der Waals surface area contributed by atoms with E-state index < -0.39 is 0 Å². The highest BCUT2D eigenvalue weighted by Crippen LogP contribution is 2.20. The Balaban J connectivity index is 2.39.